The molecule has 84 valence electrons. The molecule has 2 nitrogen and oxygen atoms in total. The SMILES string of the molecule is C/C=c1/cc(O)c(C)cc1=C(C)C.CN. The summed E-state index contributed by atoms with van der Waals surface area (Å²) in [5.74, 6) is 0.373. The average molecular weight is 207 g/mol. The minimum absolute atomic E-state index is 0.373. The van der Waals surface area contributed by atoms with E-state index in [1.165, 1.54) is 17.8 Å². The first-order valence-electron chi connectivity index (χ1n) is 5.07. The summed E-state index contributed by atoms with van der Waals surface area (Å²) in [4.78, 5) is 0. The van der Waals surface area contributed by atoms with Crippen LogP contribution in [-0.2, 0) is 0 Å². The summed E-state index contributed by atoms with van der Waals surface area (Å²) in [6, 6.07) is 3.84. The van der Waals surface area contributed by atoms with E-state index in [4.69, 9.17) is 0 Å². The van der Waals surface area contributed by atoms with E-state index in [0.29, 0.717) is 5.75 Å². The molecule has 0 heterocycles. The van der Waals surface area contributed by atoms with E-state index < -0.39 is 0 Å². The molecular formula is C13H21NO. The van der Waals surface area contributed by atoms with E-state index in [1.54, 1.807) is 0 Å². The number of aryl methyl sites for hydroxylation is 1. The molecule has 0 fully saturated rings. The molecule has 0 radical (unpaired) electrons. The van der Waals surface area contributed by atoms with Crippen molar-refractivity contribution < 1.29 is 5.11 Å². The molecule has 0 saturated heterocycles. The van der Waals surface area contributed by atoms with Crippen LogP contribution in [0.15, 0.2) is 12.1 Å². The third-order valence-corrected chi connectivity index (χ3v) is 2.22. The molecule has 0 atom stereocenters. The van der Waals surface area contributed by atoms with Crippen molar-refractivity contribution >= 4 is 11.6 Å². The standard InChI is InChI=1S/C12H16O.CH5N/c1-5-10-7-12(13)9(4)6-11(10)8(2)3;1-2/h5-7,13H,1-4H3;2H2,1H3/b10-5-;. The van der Waals surface area contributed by atoms with Crippen molar-refractivity contribution in [1.82, 2.24) is 0 Å². The average Bonchev–Trinajstić information content (AvgIpc) is 2.24. The van der Waals surface area contributed by atoms with Crippen LogP contribution in [0.5, 0.6) is 5.75 Å². The molecule has 0 aliphatic carbocycles. The Morgan fingerprint density at radius 1 is 1.27 bits per heavy atom. The third-order valence-electron chi connectivity index (χ3n) is 2.22. The Morgan fingerprint density at radius 2 is 1.80 bits per heavy atom. The highest BCUT2D eigenvalue weighted by molar-refractivity contribution is 5.45. The number of hydrogen-bond acceptors (Lipinski definition) is 2. The number of rotatable bonds is 0. The van der Waals surface area contributed by atoms with E-state index in [1.807, 2.05) is 32.1 Å². The maximum absolute atomic E-state index is 9.51. The fraction of sp³-hybridized carbons (Fsp3) is 0.385. The van der Waals surface area contributed by atoms with Gasteiger partial charge in [0.1, 0.15) is 5.75 Å². The second kappa shape index (κ2) is 6.25. The van der Waals surface area contributed by atoms with Crippen LogP contribution in [0.25, 0.3) is 11.6 Å². The van der Waals surface area contributed by atoms with Crippen molar-refractivity contribution in [3.05, 3.63) is 28.1 Å². The predicted octanol–water partition coefficient (Wildman–Crippen LogP) is 1.27. The summed E-state index contributed by atoms with van der Waals surface area (Å²) in [6.07, 6.45) is 2.02. The Kier molecular flexibility index (Phi) is 5.72. The van der Waals surface area contributed by atoms with Crippen molar-refractivity contribution in [2.75, 3.05) is 7.05 Å². The molecule has 0 aromatic heterocycles. The van der Waals surface area contributed by atoms with Gasteiger partial charge in [-0.05, 0) is 62.9 Å². The molecule has 1 aromatic rings. The van der Waals surface area contributed by atoms with Gasteiger partial charge in [-0.25, -0.2) is 0 Å². The van der Waals surface area contributed by atoms with Gasteiger partial charge in [-0.2, -0.15) is 0 Å². The lowest BCUT2D eigenvalue weighted by Gasteiger charge is -2.00. The van der Waals surface area contributed by atoms with Crippen molar-refractivity contribution in [3.63, 3.8) is 0 Å². The van der Waals surface area contributed by atoms with Gasteiger partial charge in [0.25, 0.3) is 0 Å². The molecule has 1 aromatic carbocycles. The smallest absolute Gasteiger partial charge is 0.119 e. The molecule has 0 aliphatic heterocycles. The Labute approximate surface area is 91.7 Å². The highest BCUT2D eigenvalue weighted by Gasteiger charge is 1.96. The topological polar surface area (TPSA) is 46.2 Å². The van der Waals surface area contributed by atoms with Gasteiger partial charge in [-0.3, -0.25) is 0 Å². The summed E-state index contributed by atoms with van der Waals surface area (Å²) in [7, 11) is 1.50. The van der Waals surface area contributed by atoms with Gasteiger partial charge in [0.15, 0.2) is 0 Å². The zero-order chi connectivity index (χ0) is 12.0. The highest BCUT2D eigenvalue weighted by atomic mass is 16.3. The van der Waals surface area contributed by atoms with Crippen LogP contribution in [0.4, 0.5) is 0 Å². The van der Waals surface area contributed by atoms with Crippen LogP contribution in [0.1, 0.15) is 26.3 Å². The minimum atomic E-state index is 0.373. The number of hydrogen-bond donors (Lipinski definition) is 2. The van der Waals surface area contributed by atoms with Crippen LogP contribution in [0.3, 0.4) is 0 Å². The Hall–Kier alpha value is -1.28. The summed E-state index contributed by atoms with van der Waals surface area (Å²) in [5.41, 5.74) is 6.71. The van der Waals surface area contributed by atoms with Gasteiger partial charge < -0.3 is 10.8 Å². The number of nitrogens with two attached hydrogens (primary N) is 1. The van der Waals surface area contributed by atoms with E-state index in [9.17, 15) is 5.11 Å². The van der Waals surface area contributed by atoms with Gasteiger partial charge in [0.2, 0.25) is 0 Å². The van der Waals surface area contributed by atoms with Crippen molar-refractivity contribution in [3.8, 4) is 5.75 Å². The molecule has 3 N–H and O–H groups in total. The maximum Gasteiger partial charge on any atom is 0.119 e. The van der Waals surface area contributed by atoms with Crippen LogP contribution in [0.2, 0.25) is 0 Å². The molecule has 0 unspecified atom stereocenters. The summed E-state index contributed by atoms with van der Waals surface area (Å²) in [6.45, 7) is 8.06. The van der Waals surface area contributed by atoms with Crippen LogP contribution in [0, 0.1) is 6.92 Å². The predicted molar refractivity (Wildman–Crippen MR) is 67.1 cm³/mol. The van der Waals surface area contributed by atoms with Crippen molar-refractivity contribution in [1.29, 1.82) is 0 Å². The number of aromatic hydroxyl groups is 1. The van der Waals surface area contributed by atoms with Crippen molar-refractivity contribution in [2.24, 2.45) is 5.73 Å². The minimum Gasteiger partial charge on any atom is -0.508 e. The molecule has 0 spiro atoms. The highest BCUT2D eigenvalue weighted by Crippen LogP contribution is 2.08. The van der Waals surface area contributed by atoms with Gasteiger partial charge in [0.05, 0.1) is 0 Å². The van der Waals surface area contributed by atoms with E-state index in [-0.39, 0.29) is 0 Å². The lowest BCUT2D eigenvalue weighted by molar-refractivity contribution is 0.470. The second-order valence-electron chi connectivity index (χ2n) is 3.51. The molecule has 0 amide bonds. The second-order valence-corrected chi connectivity index (χ2v) is 3.51. The first kappa shape index (κ1) is 13.7. The number of phenols is 1. The molecule has 1 rings (SSSR count). The number of benzene rings is 1. The van der Waals surface area contributed by atoms with Gasteiger partial charge >= 0.3 is 0 Å². The largest absolute Gasteiger partial charge is 0.508 e. The Morgan fingerprint density at radius 3 is 2.20 bits per heavy atom. The Bertz CT molecular complexity index is 429. The van der Waals surface area contributed by atoms with Crippen LogP contribution >= 0.6 is 0 Å². The fourth-order valence-electron chi connectivity index (χ4n) is 1.38. The lowest BCUT2D eigenvalue weighted by Crippen LogP contribution is -2.25. The van der Waals surface area contributed by atoms with Crippen LogP contribution in [-0.4, -0.2) is 12.2 Å². The van der Waals surface area contributed by atoms with Crippen molar-refractivity contribution in [2.45, 2.75) is 27.7 Å². The van der Waals surface area contributed by atoms with Crippen LogP contribution < -0.4 is 16.2 Å². The molecular weight excluding hydrogens is 186 g/mol. The summed E-state index contributed by atoms with van der Waals surface area (Å²) in [5, 5.41) is 11.8. The molecule has 15 heavy (non-hydrogen) atoms. The first-order chi connectivity index (χ1) is 7.06. The van der Waals surface area contributed by atoms with E-state index in [2.05, 4.69) is 19.6 Å². The molecule has 0 aliphatic rings. The fourth-order valence-corrected chi connectivity index (χ4v) is 1.38. The quantitative estimate of drug-likeness (QED) is 0.673. The zero-order valence-corrected chi connectivity index (χ0v) is 10.3. The summed E-state index contributed by atoms with van der Waals surface area (Å²) >= 11 is 0. The molecule has 0 bridgehead atoms. The van der Waals surface area contributed by atoms with Gasteiger partial charge in [-0.1, -0.05) is 11.6 Å². The maximum atomic E-state index is 9.51. The number of phenolic OH excluding ortho intramolecular Hbond substituents is 1. The first-order valence-corrected chi connectivity index (χ1v) is 5.07. The van der Waals surface area contributed by atoms with E-state index in [0.717, 1.165) is 10.8 Å². The van der Waals surface area contributed by atoms with E-state index >= 15 is 0 Å². The molecule has 2 heteroatoms. The third kappa shape index (κ3) is 3.40. The monoisotopic (exact) mass is 207 g/mol. The zero-order valence-electron chi connectivity index (χ0n) is 10.3. The summed E-state index contributed by atoms with van der Waals surface area (Å²) < 4.78 is 0. The van der Waals surface area contributed by atoms with Gasteiger partial charge in [0, 0.05) is 0 Å². The normalized spacial score (nSPS) is 10.7. The molecule has 0 saturated carbocycles. The Balaban J connectivity index is 0.000000921. The lowest BCUT2D eigenvalue weighted by atomic mass is 10.1. The van der Waals surface area contributed by atoms with Gasteiger partial charge in [-0.15, -0.1) is 0 Å².